The van der Waals surface area contributed by atoms with Gasteiger partial charge in [-0.1, -0.05) is 369 Å². The zero-order valence-electron chi connectivity index (χ0n) is 73.6. The molecule has 0 amide bonds. The Hall–Kier alpha value is -16.8. The summed E-state index contributed by atoms with van der Waals surface area (Å²) in [5.41, 5.74) is 32.7. The van der Waals surface area contributed by atoms with Gasteiger partial charge in [0.05, 0.1) is 33.1 Å². The fourth-order valence-corrected chi connectivity index (χ4v) is 20.7. The van der Waals surface area contributed by atoms with Gasteiger partial charge in [-0.2, -0.15) is 9.97 Å². The van der Waals surface area contributed by atoms with E-state index < -0.39 is 0 Å². The van der Waals surface area contributed by atoms with Crippen LogP contribution >= 0.6 is 0 Å². The summed E-state index contributed by atoms with van der Waals surface area (Å²) in [6.45, 7) is 14.0. The highest BCUT2D eigenvalue weighted by molar-refractivity contribution is 6.18. The molecular formula is C120H86N12. The Balaban J connectivity index is 0.000000110. The Morgan fingerprint density at radius 2 is 0.485 bits per heavy atom. The minimum absolute atomic E-state index is 0.0720. The van der Waals surface area contributed by atoms with E-state index in [2.05, 4.69) is 286 Å². The largest absolute Gasteiger partial charge is 0.309 e. The van der Waals surface area contributed by atoms with Crippen LogP contribution in [0.25, 0.3) is 207 Å². The summed E-state index contributed by atoms with van der Waals surface area (Å²) in [6, 6.07) is 145. The van der Waals surface area contributed by atoms with Gasteiger partial charge in [0, 0.05) is 104 Å². The maximum Gasteiger partial charge on any atom is 0.238 e. The van der Waals surface area contributed by atoms with Crippen molar-refractivity contribution < 1.29 is 0 Å². The van der Waals surface area contributed by atoms with Gasteiger partial charge in [0.25, 0.3) is 0 Å². The normalized spacial score (nSPS) is 13.3. The maximum atomic E-state index is 5.08. The number of hydrogen-bond donors (Lipinski definition) is 0. The highest BCUT2D eigenvalue weighted by Crippen LogP contribution is 2.56. The lowest BCUT2D eigenvalue weighted by atomic mass is 9.82. The molecule has 626 valence electrons. The molecule has 3 aliphatic rings. The minimum atomic E-state index is -0.0875. The summed E-state index contributed by atoms with van der Waals surface area (Å²) in [5, 5.41) is 7.46. The van der Waals surface area contributed by atoms with Crippen molar-refractivity contribution in [3.63, 3.8) is 0 Å². The second kappa shape index (κ2) is 31.3. The van der Waals surface area contributed by atoms with Gasteiger partial charge in [0.1, 0.15) is 0 Å². The third-order valence-corrected chi connectivity index (χ3v) is 27.2. The molecular weight excluding hydrogens is 1610 g/mol. The molecule has 0 radical (unpaired) electrons. The molecule has 0 fully saturated rings. The van der Waals surface area contributed by atoms with Gasteiger partial charge >= 0.3 is 0 Å². The van der Waals surface area contributed by atoms with E-state index in [9.17, 15) is 0 Å². The summed E-state index contributed by atoms with van der Waals surface area (Å²) >= 11 is 0. The minimum Gasteiger partial charge on any atom is -0.309 e. The van der Waals surface area contributed by atoms with Crippen molar-refractivity contribution in [1.82, 2.24) is 58.6 Å². The van der Waals surface area contributed by atoms with Crippen LogP contribution in [-0.4, -0.2) is 58.6 Å². The second-order valence-corrected chi connectivity index (χ2v) is 36.0. The predicted molar refractivity (Wildman–Crippen MR) is 539 cm³/mol. The zero-order valence-corrected chi connectivity index (χ0v) is 73.6. The van der Waals surface area contributed by atoms with E-state index in [-0.39, 0.29) is 16.2 Å². The van der Waals surface area contributed by atoms with Crippen molar-refractivity contribution in [1.29, 1.82) is 0 Å². The first-order valence-electron chi connectivity index (χ1n) is 45.1. The summed E-state index contributed by atoms with van der Waals surface area (Å²) in [6.07, 6.45) is 0. The Labute approximate surface area is 764 Å². The van der Waals surface area contributed by atoms with Gasteiger partial charge in [-0.05, 0) is 152 Å². The van der Waals surface area contributed by atoms with Crippen LogP contribution in [0.15, 0.2) is 413 Å². The summed E-state index contributed by atoms with van der Waals surface area (Å²) in [7, 11) is 0. The second-order valence-electron chi connectivity index (χ2n) is 36.0. The maximum absolute atomic E-state index is 5.08. The van der Waals surface area contributed by atoms with E-state index in [1.54, 1.807) is 0 Å². The van der Waals surface area contributed by atoms with Crippen LogP contribution in [-0.2, 0) is 16.2 Å². The smallest absolute Gasteiger partial charge is 0.238 e. The standard InChI is InChI=1S/2C42H30N4.C36H26N4/c1-42(2)35-22-11-9-20-31(35)33-25-34-32-21-10-12-23-37(32)46(38(34)26-36(33)42)30-19-13-18-29(24-30)41-44-39(27-14-5-3-6-15-27)43-40(45-41)28-16-7-4-8-17-28;1-42(2)35-19-11-9-17-31(35)33-25-34-32-18-10-12-20-37(32)46(38(34)26-36(33)42)30-23-21-29(22-24-30)41-44-39(27-13-5-3-6-14-27)43-40(45-41)28-15-7-4-8-16-28;1-36(2)27-19-11-9-17-25(27)31-28(36)21-22-30-32(31)26-18-10-12-20-29(26)40(30)35-38-33(23-13-5-3-6-14-23)37-34(39-35)24-15-7-4-8-16-24/h2*3-26H,1-2H3;3-22H,1-2H3. The highest BCUT2D eigenvalue weighted by Gasteiger charge is 2.40. The molecule has 0 unspecified atom stereocenters. The van der Waals surface area contributed by atoms with Gasteiger partial charge < -0.3 is 9.13 Å². The summed E-state index contributed by atoms with van der Waals surface area (Å²) in [5.74, 6) is 5.86. The fraction of sp³-hybridized carbons (Fsp3) is 0.0750. The van der Waals surface area contributed by atoms with Crippen LogP contribution in [0, 0.1) is 0 Å². The average Bonchev–Trinajstić information content (AvgIpc) is 1.54. The monoisotopic (exact) mass is 1690 g/mol. The molecule has 6 heterocycles. The van der Waals surface area contributed by atoms with Gasteiger partial charge in [0.2, 0.25) is 5.95 Å². The van der Waals surface area contributed by atoms with Gasteiger partial charge in [0.15, 0.2) is 46.6 Å². The highest BCUT2D eigenvalue weighted by atomic mass is 15.2. The summed E-state index contributed by atoms with van der Waals surface area (Å²) < 4.78 is 7.00. The van der Waals surface area contributed by atoms with E-state index in [1.807, 2.05) is 182 Å². The van der Waals surface area contributed by atoms with Crippen molar-refractivity contribution >= 4 is 65.4 Å². The molecule has 17 aromatic carbocycles. The average molecular weight is 1700 g/mol. The molecule has 0 N–H and O–H groups in total. The molecule has 26 rings (SSSR count). The SMILES string of the molecule is CC1(C)c2ccccc2-c2c1ccc1c2c2ccccc2n1-c1nc(-c2ccccc2)nc(-c2ccccc2)n1.CC1(C)c2ccccc2-c2cc3c4ccccc4n(-c4ccc(-c5nc(-c6ccccc6)nc(-c6ccccc6)n5)cc4)c3cc21.CC1(C)c2ccccc2-c2cc3c4ccccc4n(-c4cccc(-c5nc(-c6ccccc6)nc(-c6ccccc6)n5)c4)c3cc21. The van der Waals surface area contributed by atoms with E-state index in [0.717, 1.165) is 66.9 Å². The molecule has 132 heavy (non-hydrogen) atoms. The number of fused-ring (bicyclic) bond motifs is 19. The molecule has 6 aromatic heterocycles. The molecule has 0 saturated carbocycles. The summed E-state index contributed by atoms with van der Waals surface area (Å²) in [4.78, 5) is 44.7. The van der Waals surface area contributed by atoms with Crippen molar-refractivity contribution in [2.45, 2.75) is 57.8 Å². The first-order valence-corrected chi connectivity index (χ1v) is 45.1. The van der Waals surface area contributed by atoms with Gasteiger partial charge in [-0.25, -0.2) is 34.9 Å². The Morgan fingerprint density at radius 3 is 0.902 bits per heavy atom. The van der Waals surface area contributed by atoms with Crippen molar-refractivity contribution in [3.8, 4) is 142 Å². The number of benzene rings is 17. The topological polar surface area (TPSA) is 131 Å². The molecule has 0 bridgehead atoms. The molecule has 0 spiro atoms. The third kappa shape index (κ3) is 13.1. The van der Waals surface area contributed by atoms with Crippen molar-refractivity contribution in [2.75, 3.05) is 0 Å². The van der Waals surface area contributed by atoms with E-state index in [1.165, 1.54) is 121 Å². The first kappa shape index (κ1) is 78.6. The Morgan fingerprint density at radius 1 is 0.174 bits per heavy atom. The Bertz CT molecular complexity index is 8340. The molecule has 0 aliphatic heterocycles. The number of nitrogens with zero attached hydrogens (tertiary/aromatic N) is 12. The fourth-order valence-electron chi connectivity index (χ4n) is 20.7. The van der Waals surface area contributed by atoms with Crippen LogP contribution < -0.4 is 0 Å². The lowest BCUT2D eigenvalue weighted by Crippen LogP contribution is -2.15. The quantitative estimate of drug-likeness (QED) is 0.124. The van der Waals surface area contributed by atoms with Crippen LogP contribution in [0.4, 0.5) is 0 Å². The number of aromatic nitrogens is 12. The molecule has 12 heteroatoms. The number of rotatable bonds is 11. The third-order valence-electron chi connectivity index (χ3n) is 27.2. The number of hydrogen-bond acceptors (Lipinski definition) is 9. The number of para-hydroxylation sites is 3. The van der Waals surface area contributed by atoms with Gasteiger partial charge in [-0.3, -0.25) is 4.57 Å². The lowest BCUT2D eigenvalue weighted by Gasteiger charge is -2.21. The van der Waals surface area contributed by atoms with E-state index in [0.29, 0.717) is 52.5 Å². The van der Waals surface area contributed by atoms with E-state index in [4.69, 9.17) is 44.9 Å². The zero-order chi connectivity index (χ0) is 88.5. The molecule has 3 aliphatic carbocycles. The Kier molecular flexibility index (Phi) is 18.6. The molecule has 0 saturated heterocycles. The molecule has 0 atom stereocenters. The van der Waals surface area contributed by atoms with Gasteiger partial charge in [-0.15, -0.1) is 0 Å². The van der Waals surface area contributed by atoms with Crippen molar-refractivity contribution in [2.24, 2.45) is 0 Å². The van der Waals surface area contributed by atoms with Crippen molar-refractivity contribution in [3.05, 3.63) is 446 Å². The molecule has 23 aromatic rings. The van der Waals surface area contributed by atoms with Crippen LogP contribution in [0.3, 0.4) is 0 Å². The first-order chi connectivity index (χ1) is 64.7. The van der Waals surface area contributed by atoms with E-state index >= 15 is 0 Å². The molecule has 12 nitrogen and oxygen atoms in total. The van der Waals surface area contributed by atoms with Crippen LogP contribution in [0.5, 0.6) is 0 Å². The predicted octanol–water partition coefficient (Wildman–Crippen LogP) is 29.2. The lowest BCUT2D eigenvalue weighted by molar-refractivity contribution is 0.660. The van der Waals surface area contributed by atoms with Crippen LogP contribution in [0.1, 0.15) is 74.9 Å². The van der Waals surface area contributed by atoms with Crippen LogP contribution in [0.2, 0.25) is 0 Å².